The molecule has 0 fully saturated rings. The highest BCUT2D eigenvalue weighted by atomic mass is 79.9. The Morgan fingerprint density at radius 2 is 1.94 bits per heavy atom. The molecule has 1 N–H and O–H groups in total. The zero-order chi connectivity index (χ0) is 24.8. The molecule has 1 aliphatic carbocycles. The molecule has 0 saturated carbocycles. The monoisotopic (exact) mass is 558 g/mol. The number of phenolic OH excluding ortho intramolecular Hbond substituents is 1. The molecule has 0 radical (unpaired) electrons. The van der Waals surface area contributed by atoms with Crippen molar-refractivity contribution in [3.05, 3.63) is 119 Å². The molecule has 180 valence electrons. The topological polar surface area (TPSA) is 63.8 Å². The third kappa shape index (κ3) is 3.92. The highest BCUT2D eigenvalue weighted by molar-refractivity contribution is 9.10. The SMILES string of the molecule is CCOc1cc(C=c2sc3n(c2=O)C(c2ccc(Br)cc2)C2=C(N=3)c3ccccc3CC2)ccc1O. The summed E-state index contributed by atoms with van der Waals surface area (Å²) >= 11 is 4.93. The van der Waals surface area contributed by atoms with Crippen LogP contribution in [0.25, 0.3) is 11.8 Å². The van der Waals surface area contributed by atoms with E-state index in [1.165, 1.54) is 22.5 Å². The van der Waals surface area contributed by atoms with Crippen molar-refractivity contribution < 1.29 is 9.84 Å². The zero-order valence-corrected chi connectivity index (χ0v) is 22.0. The van der Waals surface area contributed by atoms with Crippen LogP contribution in [0.2, 0.25) is 0 Å². The summed E-state index contributed by atoms with van der Waals surface area (Å²) in [6, 6.07) is 21.5. The Labute approximate surface area is 220 Å². The number of hydrogen-bond donors (Lipinski definition) is 1. The van der Waals surface area contributed by atoms with Gasteiger partial charge in [0.1, 0.15) is 0 Å². The van der Waals surface area contributed by atoms with E-state index in [0.717, 1.165) is 39.7 Å². The van der Waals surface area contributed by atoms with E-state index in [1.54, 1.807) is 18.2 Å². The van der Waals surface area contributed by atoms with Crippen molar-refractivity contribution in [3.8, 4) is 11.5 Å². The summed E-state index contributed by atoms with van der Waals surface area (Å²) in [6.07, 6.45) is 3.63. The van der Waals surface area contributed by atoms with Crippen LogP contribution in [0.1, 0.15) is 41.6 Å². The summed E-state index contributed by atoms with van der Waals surface area (Å²) in [5.74, 6) is 0.482. The van der Waals surface area contributed by atoms with Crippen LogP contribution in [0.5, 0.6) is 11.5 Å². The average molecular weight is 559 g/mol. The minimum absolute atomic E-state index is 0.0666. The van der Waals surface area contributed by atoms with Crippen molar-refractivity contribution in [2.24, 2.45) is 4.99 Å². The van der Waals surface area contributed by atoms with E-state index in [-0.39, 0.29) is 17.4 Å². The van der Waals surface area contributed by atoms with Gasteiger partial charge in [0, 0.05) is 10.0 Å². The van der Waals surface area contributed by atoms with E-state index in [0.29, 0.717) is 21.7 Å². The van der Waals surface area contributed by atoms with Gasteiger partial charge < -0.3 is 9.84 Å². The molecular formula is C29H23BrN2O3S. The third-order valence-corrected chi connectivity index (χ3v) is 8.15. The Bertz CT molecular complexity index is 1700. The predicted molar refractivity (Wildman–Crippen MR) is 146 cm³/mol. The van der Waals surface area contributed by atoms with Gasteiger partial charge in [0.15, 0.2) is 16.3 Å². The number of fused-ring (bicyclic) bond motifs is 3. The summed E-state index contributed by atoms with van der Waals surface area (Å²) in [5, 5.41) is 10.1. The van der Waals surface area contributed by atoms with Crippen LogP contribution in [0.15, 0.2) is 86.6 Å². The number of nitrogens with zero attached hydrogens (tertiary/aromatic N) is 2. The maximum Gasteiger partial charge on any atom is 0.271 e. The molecule has 5 nitrogen and oxygen atoms in total. The lowest BCUT2D eigenvalue weighted by Crippen LogP contribution is -2.38. The first-order chi connectivity index (χ1) is 17.5. The normalized spacial score (nSPS) is 16.7. The number of thiazole rings is 1. The van der Waals surface area contributed by atoms with E-state index in [4.69, 9.17) is 9.73 Å². The number of allylic oxidation sites excluding steroid dienone is 1. The standard InChI is InChI=1S/C29H23BrN2O3S/c1-2-35-24-15-17(7-14-23(24)33)16-25-28(34)32-27(19-8-11-20(30)12-9-19)22-13-10-18-5-3-4-6-21(18)26(22)31-29(32)36-25/h3-9,11-12,14-16,27,33H,2,10,13H2,1H3. The largest absolute Gasteiger partial charge is 0.504 e. The van der Waals surface area contributed by atoms with Crippen LogP contribution in [0, 0.1) is 0 Å². The number of benzene rings is 3. The number of phenols is 1. The van der Waals surface area contributed by atoms with Crippen LogP contribution in [-0.4, -0.2) is 16.3 Å². The molecule has 1 aromatic heterocycles. The first-order valence-corrected chi connectivity index (χ1v) is 13.5. The second kappa shape index (κ2) is 9.22. The number of hydrogen-bond acceptors (Lipinski definition) is 5. The van der Waals surface area contributed by atoms with Crippen molar-refractivity contribution in [2.75, 3.05) is 6.61 Å². The highest BCUT2D eigenvalue weighted by Gasteiger charge is 2.32. The van der Waals surface area contributed by atoms with Crippen molar-refractivity contribution in [3.63, 3.8) is 0 Å². The van der Waals surface area contributed by atoms with Gasteiger partial charge >= 0.3 is 0 Å². The van der Waals surface area contributed by atoms with Crippen molar-refractivity contribution >= 4 is 39.0 Å². The summed E-state index contributed by atoms with van der Waals surface area (Å²) in [6.45, 7) is 2.31. The fraction of sp³-hybridized carbons (Fsp3) is 0.172. The molecule has 0 bridgehead atoms. The molecular weight excluding hydrogens is 536 g/mol. The average Bonchev–Trinajstić information content (AvgIpc) is 3.20. The highest BCUT2D eigenvalue weighted by Crippen LogP contribution is 2.41. The van der Waals surface area contributed by atoms with Crippen LogP contribution >= 0.6 is 27.3 Å². The lowest BCUT2D eigenvalue weighted by Gasteiger charge is -2.30. The third-order valence-electron chi connectivity index (χ3n) is 6.64. The molecule has 2 heterocycles. The van der Waals surface area contributed by atoms with Gasteiger partial charge in [-0.2, -0.15) is 0 Å². The zero-order valence-electron chi connectivity index (χ0n) is 19.6. The lowest BCUT2D eigenvalue weighted by molar-refractivity contribution is 0.318. The quantitative estimate of drug-likeness (QED) is 0.375. The number of ether oxygens (including phenoxy) is 1. The van der Waals surface area contributed by atoms with Crippen LogP contribution in [0.4, 0.5) is 0 Å². The van der Waals surface area contributed by atoms with E-state index < -0.39 is 0 Å². The van der Waals surface area contributed by atoms with Gasteiger partial charge in [0.05, 0.1) is 22.9 Å². The second-order valence-corrected chi connectivity index (χ2v) is 10.8. The number of halogens is 1. The molecule has 0 amide bonds. The molecule has 1 unspecified atom stereocenters. The minimum Gasteiger partial charge on any atom is -0.504 e. The van der Waals surface area contributed by atoms with Gasteiger partial charge in [-0.15, -0.1) is 0 Å². The van der Waals surface area contributed by atoms with Crippen molar-refractivity contribution in [1.82, 2.24) is 4.57 Å². The maximum atomic E-state index is 13.8. The lowest BCUT2D eigenvalue weighted by atomic mass is 9.83. The molecule has 2 aliphatic rings. The molecule has 3 aromatic carbocycles. The number of aromatic hydroxyl groups is 1. The first-order valence-electron chi connectivity index (χ1n) is 11.9. The Morgan fingerprint density at radius 1 is 1.14 bits per heavy atom. The first kappa shape index (κ1) is 23.0. The fourth-order valence-corrected chi connectivity index (χ4v) is 6.28. The smallest absolute Gasteiger partial charge is 0.271 e. The maximum absolute atomic E-state index is 13.8. The van der Waals surface area contributed by atoms with Gasteiger partial charge in [-0.3, -0.25) is 9.36 Å². The summed E-state index contributed by atoms with van der Waals surface area (Å²) in [4.78, 5) is 19.6. The molecule has 36 heavy (non-hydrogen) atoms. The van der Waals surface area contributed by atoms with Gasteiger partial charge in [-0.25, -0.2) is 4.99 Å². The number of aromatic nitrogens is 1. The molecule has 6 rings (SSSR count). The van der Waals surface area contributed by atoms with Crippen molar-refractivity contribution in [2.45, 2.75) is 25.8 Å². The summed E-state index contributed by atoms with van der Waals surface area (Å²) < 4.78 is 8.97. The van der Waals surface area contributed by atoms with Gasteiger partial charge in [0.25, 0.3) is 5.56 Å². The Balaban J connectivity index is 1.58. The Kier molecular flexibility index (Phi) is 5.90. The Morgan fingerprint density at radius 3 is 2.75 bits per heavy atom. The molecule has 0 spiro atoms. The van der Waals surface area contributed by atoms with E-state index in [2.05, 4.69) is 52.3 Å². The van der Waals surface area contributed by atoms with E-state index in [1.807, 2.05) is 29.7 Å². The van der Waals surface area contributed by atoms with Gasteiger partial charge in [-0.05, 0) is 72.4 Å². The van der Waals surface area contributed by atoms with Crippen LogP contribution in [0.3, 0.4) is 0 Å². The minimum atomic E-state index is -0.210. The fourth-order valence-electron chi connectivity index (χ4n) is 5.01. The van der Waals surface area contributed by atoms with Gasteiger partial charge in [0.2, 0.25) is 0 Å². The number of rotatable bonds is 4. The molecule has 1 atom stereocenters. The van der Waals surface area contributed by atoms with Crippen LogP contribution in [-0.2, 0) is 6.42 Å². The second-order valence-electron chi connectivity index (χ2n) is 8.83. The van der Waals surface area contributed by atoms with Gasteiger partial charge in [-0.1, -0.05) is 69.7 Å². The van der Waals surface area contributed by atoms with Crippen LogP contribution < -0.4 is 19.6 Å². The molecule has 0 saturated heterocycles. The summed E-state index contributed by atoms with van der Waals surface area (Å²) in [5.41, 5.74) is 6.40. The number of aryl methyl sites for hydroxylation is 1. The van der Waals surface area contributed by atoms with Crippen molar-refractivity contribution in [1.29, 1.82) is 0 Å². The van der Waals surface area contributed by atoms with E-state index >= 15 is 0 Å². The Hall–Kier alpha value is -3.42. The molecule has 4 aromatic rings. The van der Waals surface area contributed by atoms with E-state index in [9.17, 15) is 9.90 Å². The predicted octanol–water partition coefficient (Wildman–Crippen LogP) is 5.19. The molecule has 7 heteroatoms. The summed E-state index contributed by atoms with van der Waals surface area (Å²) in [7, 11) is 0. The molecule has 1 aliphatic heterocycles.